The van der Waals surface area contributed by atoms with E-state index in [0.29, 0.717) is 4.88 Å². The highest BCUT2D eigenvalue weighted by atomic mass is 32.2. The van der Waals surface area contributed by atoms with Gasteiger partial charge in [0.1, 0.15) is 0 Å². The molecule has 0 N–H and O–H groups in total. The van der Waals surface area contributed by atoms with Crippen LogP contribution in [0.3, 0.4) is 0 Å². The SMILES string of the molecule is CCS(=O)(=O)c1ccccc1C(=O)OCC(=O)c1cccs1. The number of ether oxygens (including phenoxy) is 1. The Kier molecular flexibility index (Phi) is 5.10. The van der Waals surface area contributed by atoms with Crippen LogP contribution in [0.5, 0.6) is 0 Å². The van der Waals surface area contributed by atoms with Crippen LogP contribution in [-0.2, 0) is 14.6 Å². The second-order valence-electron chi connectivity index (χ2n) is 4.38. The van der Waals surface area contributed by atoms with Crippen LogP contribution in [0.25, 0.3) is 0 Å². The lowest BCUT2D eigenvalue weighted by atomic mass is 10.2. The van der Waals surface area contributed by atoms with Crippen molar-refractivity contribution in [1.29, 1.82) is 0 Å². The van der Waals surface area contributed by atoms with Crippen LogP contribution < -0.4 is 0 Å². The van der Waals surface area contributed by atoms with Crippen LogP contribution in [0.15, 0.2) is 46.7 Å². The molecule has 2 aromatic rings. The second-order valence-corrected chi connectivity index (χ2v) is 7.57. The van der Waals surface area contributed by atoms with Gasteiger partial charge in [0.05, 0.1) is 21.1 Å². The zero-order chi connectivity index (χ0) is 16.2. The Balaban J connectivity index is 2.16. The van der Waals surface area contributed by atoms with Gasteiger partial charge < -0.3 is 4.74 Å². The number of Topliss-reactive ketones (excluding diaryl/α,β-unsaturated/α-hetero) is 1. The maximum Gasteiger partial charge on any atom is 0.339 e. The van der Waals surface area contributed by atoms with Gasteiger partial charge in [0.2, 0.25) is 5.78 Å². The van der Waals surface area contributed by atoms with E-state index in [1.165, 1.54) is 36.5 Å². The van der Waals surface area contributed by atoms with Gasteiger partial charge in [0.15, 0.2) is 16.4 Å². The van der Waals surface area contributed by atoms with Crippen molar-refractivity contribution in [2.45, 2.75) is 11.8 Å². The highest BCUT2D eigenvalue weighted by Gasteiger charge is 2.22. The number of hydrogen-bond donors (Lipinski definition) is 0. The molecule has 22 heavy (non-hydrogen) atoms. The topological polar surface area (TPSA) is 77.5 Å². The fourth-order valence-corrected chi connectivity index (χ4v) is 3.51. The number of sulfone groups is 1. The highest BCUT2D eigenvalue weighted by molar-refractivity contribution is 7.91. The molecule has 0 amide bonds. The summed E-state index contributed by atoms with van der Waals surface area (Å²) in [6.07, 6.45) is 0. The summed E-state index contributed by atoms with van der Waals surface area (Å²) in [4.78, 5) is 24.3. The Morgan fingerprint density at radius 1 is 1.14 bits per heavy atom. The van der Waals surface area contributed by atoms with Crippen molar-refractivity contribution in [2.75, 3.05) is 12.4 Å². The first-order valence-corrected chi connectivity index (χ1v) is 9.04. The molecule has 0 unspecified atom stereocenters. The third kappa shape index (κ3) is 3.61. The average molecular weight is 338 g/mol. The van der Waals surface area contributed by atoms with Crippen molar-refractivity contribution in [3.8, 4) is 0 Å². The van der Waals surface area contributed by atoms with Gasteiger partial charge in [0.25, 0.3) is 0 Å². The molecular weight excluding hydrogens is 324 g/mol. The maximum absolute atomic E-state index is 12.1. The molecule has 1 aromatic carbocycles. The number of carbonyl (C=O) groups is 2. The molecule has 7 heteroatoms. The van der Waals surface area contributed by atoms with Crippen LogP contribution in [0.2, 0.25) is 0 Å². The Labute approximate surface area is 132 Å². The molecule has 2 rings (SSSR count). The standard InChI is InChI=1S/C15H14O5S2/c1-2-22(18,19)14-8-4-3-6-11(14)15(17)20-10-12(16)13-7-5-9-21-13/h3-9H,2,10H2,1H3. The fraction of sp³-hybridized carbons (Fsp3) is 0.200. The summed E-state index contributed by atoms with van der Waals surface area (Å²) >= 11 is 1.25. The van der Waals surface area contributed by atoms with E-state index in [1.54, 1.807) is 23.6 Å². The number of ketones is 1. The first-order chi connectivity index (χ1) is 10.5. The molecule has 0 fully saturated rings. The van der Waals surface area contributed by atoms with E-state index in [1.807, 2.05) is 0 Å². The van der Waals surface area contributed by atoms with E-state index in [-0.39, 0.29) is 22.0 Å². The first-order valence-electron chi connectivity index (χ1n) is 6.51. The van der Waals surface area contributed by atoms with Crippen LogP contribution in [0, 0.1) is 0 Å². The minimum Gasteiger partial charge on any atom is -0.454 e. The third-order valence-electron chi connectivity index (χ3n) is 2.95. The van der Waals surface area contributed by atoms with E-state index in [0.717, 1.165) is 0 Å². The van der Waals surface area contributed by atoms with Gasteiger partial charge in [-0.1, -0.05) is 25.1 Å². The summed E-state index contributed by atoms with van der Waals surface area (Å²) in [6.45, 7) is 1.08. The molecule has 0 aliphatic carbocycles. The number of rotatable bonds is 6. The van der Waals surface area contributed by atoms with E-state index >= 15 is 0 Å². The summed E-state index contributed by atoms with van der Waals surface area (Å²) in [6, 6.07) is 9.18. The zero-order valence-corrected chi connectivity index (χ0v) is 13.4. The average Bonchev–Trinajstić information content (AvgIpc) is 3.06. The van der Waals surface area contributed by atoms with Crippen molar-refractivity contribution in [3.05, 3.63) is 52.2 Å². The summed E-state index contributed by atoms with van der Waals surface area (Å²) in [7, 11) is -3.54. The molecule has 0 saturated carbocycles. The van der Waals surface area contributed by atoms with Gasteiger partial charge in [0, 0.05) is 0 Å². The Morgan fingerprint density at radius 2 is 1.86 bits per heavy atom. The van der Waals surface area contributed by atoms with E-state index in [9.17, 15) is 18.0 Å². The smallest absolute Gasteiger partial charge is 0.339 e. The third-order valence-corrected chi connectivity index (χ3v) is 5.65. The summed E-state index contributed by atoms with van der Waals surface area (Å²) in [5.41, 5.74) is -0.0525. The van der Waals surface area contributed by atoms with Gasteiger partial charge in [-0.2, -0.15) is 0 Å². The molecule has 0 saturated heterocycles. The molecule has 0 aliphatic rings. The number of esters is 1. The van der Waals surface area contributed by atoms with Crippen molar-refractivity contribution in [3.63, 3.8) is 0 Å². The number of thiophene rings is 1. The largest absolute Gasteiger partial charge is 0.454 e. The van der Waals surface area contributed by atoms with Gasteiger partial charge in [-0.15, -0.1) is 11.3 Å². The van der Waals surface area contributed by atoms with Gasteiger partial charge in [-0.25, -0.2) is 13.2 Å². The van der Waals surface area contributed by atoms with E-state index in [4.69, 9.17) is 4.74 Å². The molecule has 0 aliphatic heterocycles. The zero-order valence-electron chi connectivity index (χ0n) is 11.8. The summed E-state index contributed by atoms with van der Waals surface area (Å²) in [5, 5.41) is 1.75. The predicted molar refractivity (Wildman–Crippen MR) is 83.1 cm³/mol. The lowest BCUT2D eigenvalue weighted by Crippen LogP contribution is -2.17. The molecule has 0 bridgehead atoms. The first kappa shape index (κ1) is 16.4. The van der Waals surface area contributed by atoms with Crippen LogP contribution in [0.4, 0.5) is 0 Å². The van der Waals surface area contributed by atoms with Crippen molar-refractivity contribution < 1.29 is 22.7 Å². The van der Waals surface area contributed by atoms with Crippen molar-refractivity contribution in [1.82, 2.24) is 0 Å². The minimum atomic E-state index is -3.54. The normalized spacial score (nSPS) is 11.1. The Morgan fingerprint density at radius 3 is 2.50 bits per heavy atom. The molecule has 1 aromatic heterocycles. The number of benzene rings is 1. The van der Waals surface area contributed by atoms with E-state index < -0.39 is 22.4 Å². The Bertz CT molecular complexity index is 776. The lowest BCUT2D eigenvalue weighted by Gasteiger charge is -2.08. The van der Waals surface area contributed by atoms with Gasteiger partial charge in [-0.3, -0.25) is 4.79 Å². The van der Waals surface area contributed by atoms with Crippen molar-refractivity contribution in [2.24, 2.45) is 0 Å². The predicted octanol–water partition coefficient (Wildman–Crippen LogP) is 2.58. The molecule has 1 heterocycles. The minimum absolute atomic E-state index is 0.0525. The Hall–Kier alpha value is -1.99. The monoisotopic (exact) mass is 338 g/mol. The van der Waals surface area contributed by atoms with Crippen LogP contribution >= 0.6 is 11.3 Å². The summed E-state index contributed by atoms with van der Waals surface area (Å²) in [5.74, 6) is -1.26. The van der Waals surface area contributed by atoms with Gasteiger partial charge in [-0.05, 0) is 23.6 Å². The van der Waals surface area contributed by atoms with Crippen LogP contribution in [-0.4, -0.2) is 32.5 Å². The van der Waals surface area contributed by atoms with Gasteiger partial charge >= 0.3 is 5.97 Å². The molecule has 5 nitrogen and oxygen atoms in total. The lowest BCUT2D eigenvalue weighted by molar-refractivity contribution is 0.0472. The number of hydrogen-bond acceptors (Lipinski definition) is 6. The van der Waals surface area contributed by atoms with Crippen molar-refractivity contribution >= 4 is 32.9 Å². The molecule has 0 atom stereocenters. The molecule has 116 valence electrons. The number of carbonyl (C=O) groups excluding carboxylic acids is 2. The summed E-state index contributed by atoms with van der Waals surface area (Å²) < 4.78 is 28.9. The molecule has 0 radical (unpaired) electrons. The molecule has 0 spiro atoms. The highest BCUT2D eigenvalue weighted by Crippen LogP contribution is 2.18. The maximum atomic E-state index is 12.1. The van der Waals surface area contributed by atoms with E-state index in [2.05, 4.69) is 0 Å². The second kappa shape index (κ2) is 6.85. The molecular formula is C15H14O5S2. The quantitative estimate of drug-likeness (QED) is 0.597. The van der Waals surface area contributed by atoms with Crippen LogP contribution in [0.1, 0.15) is 27.0 Å². The fourth-order valence-electron chi connectivity index (χ4n) is 1.78.